The van der Waals surface area contributed by atoms with Gasteiger partial charge in [-0.15, -0.1) is 13.2 Å². The third-order valence-corrected chi connectivity index (χ3v) is 16.8. The van der Waals surface area contributed by atoms with Crippen molar-refractivity contribution in [1.82, 2.24) is 59.8 Å². The molecule has 0 aliphatic rings. The van der Waals surface area contributed by atoms with E-state index in [0.717, 1.165) is 70.8 Å². The van der Waals surface area contributed by atoms with Gasteiger partial charge in [0.1, 0.15) is 89.0 Å². The maximum absolute atomic E-state index is 13.7. The van der Waals surface area contributed by atoms with Gasteiger partial charge in [0.15, 0.2) is 5.82 Å². The van der Waals surface area contributed by atoms with E-state index < -0.39 is 82.3 Å². The Bertz CT molecular complexity index is 5850. The molecule has 0 aliphatic heterocycles. The van der Waals surface area contributed by atoms with Gasteiger partial charge < -0.3 is 53.1 Å². The summed E-state index contributed by atoms with van der Waals surface area (Å²) in [6, 6.07) is 33.7. The van der Waals surface area contributed by atoms with Crippen LogP contribution in [-0.2, 0) is 50.9 Å². The molecule has 8 heterocycles. The molecule has 0 atom stereocenters. The van der Waals surface area contributed by atoms with Crippen LogP contribution in [0, 0.1) is 23.3 Å². The summed E-state index contributed by atoms with van der Waals surface area (Å²) >= 11 is 39.9. The summed E-state index contributed by atoms with van der Waals surface area (Å²) in [6.45, 7) is 1.35. The number of hydrogen-bond donors (Lipinski definition) is 11. The monoisotopic (exact) mass is 1920 g/mol. The fraction of sp³-hybridized carbons (Fsp3) is 0.118. The summed E-state index contributed by atoms with van der Waals surface area (Å²) in [4.78, 5) is 47.9. The summed E-state index contributed by atoms with van der Waals surface area (Å²) in [7, 11) is 0. The number of hydrazone groups is 1. The molecule has 8 aromatic heterocycles. The normalized spacial score (nSPS) is 11.4. The lowest BCUT2D eigenvalue weighted by molar-refractivity contribution is -0.274. The van der Waals surface area contributed by atoms with Crippen LogP contribution in [0.3, 0.4) is 0 Å². The van der Waals surface area contributed by atoms with Gasteiger partial charge in [0.2, 0.25) is 23.1 Å². The van der Waals surface area contributed by atoms with Crippen LogP contribution >= 0.6 is 81.2 Å². The van der Waals surface area contributed by atoms with Gasteiger partial charge in [-0.1, -0.05) is 93.9 Å². The maximum atomic E-state index is 13.7. The predicted octanol–water partition coefficient (Wildman–Crippen LogP) is 23.3. The van der Waals surface area contributed by atoms with E-state index in [-0.39, 0.29) is 97.6 Å². The van der Waals surface area contributed by atoms with Gasteiger partial charge in [-0.25, -0.2) is 58.3 Å². The van der Waals surface area contributed by atoms with Crippen molar-refractivity contribution < 1.29 is 88.2 Å². The average Bonchev–Trinajstić information content (AvgIpc) is 0.822. The molecule has 0 fully saturated rings. The quantitative estimate of drug-likeness (QED) is 0.00539. The summed E-state index contributed by atoms with van der Waals surface area (Å²) in [6.07, 6.45) is -16.6. The molecule has 666 valence electrons. The number of nitrogen functional groups attached to an aromatic ring is 1. The SMILES string of the molecule is Fc1ccc(Nc2cc(Cl)nc(Cl)n2)cc1C(F)(F)F.Fc1ccc(Nc2cc(Cl)nc(NCc3ccc(Cl)nc3)n2)cc1C(F)(F)F.Fc1ccc(Nc2cc(N/N=C/c3ccc(OC(F)(F)F)cc3)nc(NCc3ccc(Cl)nc3)n2)cc1C(F)(F)F.NCc1ccc(Cl)nc1.NNc1cc(Nc2ccc(F)c(C(F)(F)F)c2)nc(NCc2ccc(Cl)nc2)n1. The fourth-order valence-corrected chi connectivity index (χ4v) is 10.8. The molecule has 25 nitrogen and oxygen atoms in total. The molecule has 0 unspecified atom stereocenters. The Kier molecular flexibility index (Phi) is 34.3. The minimum atomic E-state index is -4.91. The second kappa shape index (κ2) is 44.5. The topological polar surface area (TPSA) is 337 Å². The number of anilines is 13. The lowest BCUT2D eigenvalue weighted by Gasteiger charge is -2.13. The molecule has 0 aliphatic carbocycles. The van der Waals surface area contributed by atoms with Crippen LogP contribution in [-0.4, -0.2) is 72.4 Å². The van der Waals surface area contributed by atoms with E-state index in [1.165, 1.54) is 48.8 Å². The van der Waals surface area contributed by atoms with Crippen molar-refractivity contribution >= 4 is 163 Å². The van der Waals surface area contributed by atoms with Gasteiger partial charge in [-0.2, -0.15) is 82.7 Å². The number of hydrazine groups is 1. The highest BCUT2D eigenvalue weighted by molar-refractivity contribution is 6.32. The Hall–Kier alpha value is -12.7. The number of pyridine rings is 4. The van der Waals surface area contributed by atoms with E-state index in [0.29, 0.717) is 82.2 Å². The molecule has 51 heteroatoms. The number of nitrogens with zero attached hydrogens (tertiary/aromatic N) is 13. The number of hydrogen-bond acceptors (Lipinski definition) is 25. The van der Waals surface area contributed by atoms with Crippen molar-refractivity contribution in [2.75, 3.05) is 48.1 Å². The van der Waals surface area contributed by atoms with Gasteiger partial charge in [-0.3, -0.25) is 5.43 Å². The van der Waals surface area contributed by atoms with Gasteiger partial charge >= 0.3 is 31.1 Å². The van der Waals surface area contributed by atoms with E-state index in [4.69, 9.17) is 92.8 Å². The molecule has 13 rings (SSSR count). The zero-order valence-corrected chi connectivity index (χ0v) is 68.4. The summed E-state index contributed by atoms with van der Waals surface area (Å²) in [5, 5.41) is 24.8. The Morgan fingerprint density at radius 1 is 0.339 bits per heavy atom. The van der Waals surface area contributed by atoms with Gasteiger partial charge in [-0.05, 0) is 161 Å². The number of nitrogens with two attached hydrogens (primary N) is 2. The first kappa shape index (κ1) is 98.1. The summed E-state index contributed by atoms with van der Waals surface area (Å²) in [5.41, 5.74) is 8.29. The number of halogens is 26. The highest BCUT2D eigenvalue weighted by atomic mass is 35.5. The van der Waals surface area contributed by atoms with Crippen molar-refractivity contribution in [3.63, 3.8) is 0 Å². The standard InChI is InChI=1S/C25H17ClF7N7O.C17H11Cl2F4N5.C17H14ClF4N7.C11H5Cl2F4N3.C6H7ClN2/c26-20-8-3-15(11-34-20)12-35-23-38-21(37-16-4-7-19(27)18(9-16)24(28,29)30)10-22(39-23)40-36-13-14-1-5-17(6-2-14)41-25(31,32)33;18-13-4-1-9(7-24-13)8-25-16-27-14(19)6-15(28-16)26-10-2-3-12(20)11(5-10)17(21,22)23;18-13-4-1-9(7-24-13)8-25-16-27-14(6-15(28-16)29-23)26-10-2-3-12(19)11(5-10)17(20,21)22;12-8-4-9(20-10(13)19-8)18-5-1-2-7(14)6(3-5)11(15,16)17;7-6-2-1-5(3-8)4-9-6/h1-11,13H,12H2,(H3,35,37,38,39,40);1-7H,8H2,(H2,25,26,27,28);1-7H,8,23H2,(H3,25,26,27,28,29);1-4H,(H,18,19,20);1-2,4H,3,8H2/b36-13+;;;;. The van der Waals surface area contributed by atoms with Crippen molar-refractivity contribution in [3.05, 3.63) is 304 Å². The van der Waals surface area contributed by atoms with Crippen molar-refractivity contribution in [2.24, 2.45) is 16.7 Å². The number of aromatic nitrogens is 12. The second-order valence-corrected chi connectivity index (χ2v) is 27.5. The number of rotatable bonds is 23. The molecule has 0 bridgehead atoms. The van der Waals surface area contributed by atoms with Gasteiger partial charge in [0.25, 0.3) is 0 Å². The summed E-state index contributed by atoms with van der Waals surface area (Å²) in [5.74, 6) is 0.483. The van der Waals surface area contributed by atoms with E-state index in [2.05, 4.69) is 118 Å². The first-order chi connectivity index (χ1) is 59.9. The van der Waals surface area contributed by atoms with Gasteiger partial charge in [0, 0.05) is 98.0 Å². The zero-order chi connectivity index (χ0) is 92.6. The number of ether oxygens (including phenoxy) is 1. The van der Waals surface area contributed by atoms with Crippen molar-refractivity contribution in [3.8, 4) is 5.75 Å². The Labute approximate surface area is 738 Å². The predicted molar refractivity (Wildman–Crippen MR) is 441 cm³/mol. The highest BCUT2D eigenvalue weighted by Gasteiger charge is 2.38. The third kappa shape index (κ3) is 32.7. The van der Waals surface area contributed by atoms with Crippen molar-refractivity contribution in [1.29, 1.82) is 0 Å². The minimum Gasteiger partial charge on any atom is -0.406 e. The van der Waals surface area contributed by atoms with Gasteiger partial charge in [0.05, 0.1) is 28.5 Å². The largest absolute Gasteiger partial charge is 0.573 e. The van der Waals surface area contributed by atoms with E-state index >= 15 is 0 Å². The highest BCUT2D eigenvalue weighted by Crippen LogP contribution is 2.39. The van der Waals surface area contributed by atoms with Crippen LogP contribution in [0.5, 0.6) is 5.75 Å². The molecule has 0 spiro atoms. The van der Waals surface area contributed by atoms with Crippen LogP contribution < -0.4 is 64.4 Å². The number of alkyl halides is 15. The molecule has 5 aromatic carbocycles. The lowest BCUT2D eigenvalue weighted by Crippen LogP contribution is -2.17. The molecule has 127 heavy (non-hydrogen) atoms. The smallest absolute Gasteiger partial charge is 0.406 e. The van der Waals surface area contributed by atoms with E-state index in [1.54, 1.807) is 61.1 Å². The molecule has 13 N–H and O–H groups in total. The second-order valence-electron chi connectivity index (χ2n) is 24.8. The minimum absolute atomic E-state index is 0.00339. The van der Waals surface area contributed by atoms with Crippen LogP contribution in [0.1, 0.15) is 50.1 Å². The number of benzene rings is 5. The molecule has 0 saturated carbocycles. The number of nitrogens with one attached hydrogen (secondary N) is 9. The van der Waals surface area contributed by atoms with Crippen LogP contribution in [0.2, 0.25) is 36.2 Å². The fourth-order valence-electron chi connectivity index (χ4n) is 9.73. The van der Waals surface area contributed by atoms with Crippen LogP contribution in [0.25, 0.3) is 0 Å². The summed E-state index contributed by atoms with van der Waals surface area (Å²) < 4.78 is 249. The molecule has 13 aromatic rings. The Morgan fingerprint density at radius 3 is 0.976 bits per heavy atom. The molecular weight excluding hydrogens is 1870 g/mol. The Morgan fingerprint density at radius 2 is 0.654 bits per heavy atom. The van der Waals surface area contributed by atoms with E-state index in [1.807, 2.05) is 6.07 Å². The van der Waals surface area contributed by atoms with E-state index in [9.17, 15) is 83.4 Å². The molecule has 0 saturated heterocycles. The van der Waals surface area contributed by atoms with Crippen LogP contribution in [0.4, 0.5) is 159 Å². The maximum Gasteiger partial charge on any atom is 0.573 e. The molecular formula is C76H54Cl7F19N24O. The lowest BCUT2D eigenvalue weighted by atomic mass is 10.2. The first-order valence-electron chi connectivity index (χ1n) is 34.9. The first-order valence-corrected chi connectivity index (χ1v) is 37.5. The molecule has 0 radical (unpaired) electrons. The average molecular weight is 1930 g/mol. The zero-order valence-electron chi connectivity index (χ0n) is 63.1. The third-order valence-electron chi connectivity index (χ3n) is 15.4. The van der Waals surface area contributed by atoms with Crippen molar-refractivity contribution in [2.45, 2.75) is 57.2 Å². The van der Waals surface area contributed by atoms with Crippen LogP contribution in [0.15, 0.2) is 200 Å². The molecule has 0 amide bonds. The Balaban J connectivity index is 0.000000189.